The van der Waals surface area contributed by atoms with Crippen molar-refractivity contribution >= 4 is 11.6 Å². The summed E-state index contributed by atoms with van der Waals surface area (Å²) in [5.74, 6) is -0.273. The van der Waals surface area contributed by atoms with Gasteiger partial charge in [0.15, 0.2) is 12.1 Å². The Morgan fingerprint density at radius 3 is 2.10 bits per heavy atom. The standard InChI is InChI=1S/C10H8N2O2.C3H8.2C2H6.H2/c13-10(9-6-14-7-11-9)12-8-4-2-1-3-5-8;1-3-2;2*1-2;/h1-7H,(H,12,13);3H2,1-2H3;2*1-2H3;1H. The lowest BCUT2D eigenvalue weighted by atomic mass is 10.3. The maximum absolute atomic E-state index is 11.4. The molecule has 21 heavy (non-hydrogen) atoms. The lowest BCUT2D eigenvalue weighted by Crippen LogP contribution is -2.11. The number of rotatable bonds is 2. The van der Waals surface area contributed by atoms with E-state index in [0.717, 1.165) is 5.69 Å². The Morgan fingerprint density at radius 2 is 1.67 bits per heavy atom. The predicted octanol–water partition coefficient (Wildman–Crippen LogP) is 5.64. The second-order valence-corrected chi connectivity index (χ2v) is 3.40. The van der Waals surface area contributed by atoms with Crippen LogP contribution in [0.4, 0.5) is 5.69 Å². The zero-order chi connectivity index (χ0) is 16.5. The lowest BCUT2D eigenvalue weighted by molar-refractivity contribution is 0.102. The van der Waals surface area contributed by atoms with Crippen LogP contribution in [0, 0.1) is 0 Å². The highest BCUT2D eigenvalue weighted by molar-refractivity contribution is 6.02. The van der Waals surface area contributed by atoms with Crippen LogP contribution < -0.4 is 5.32 Å². The molecule has 0 unspecified atom stereocenters. The molecule has 2 rings (SSSR count). The number of carbonyl (C=O) groups is 1. The van der Waals surface area contributed by atoms with Gasteiger partial charge in [-0.1, -0.05) is 66.2 Å². The molecule has 1 heterocycles. The molecule has 1 aromatic heterocycles. The number of para-hydroxylation sites is 1. The third-order valence-electron chi connectivity index (χ3n) is 1.70. The average molecular weight is 294 g/mol. The van der Waals surface area contributed by atoms with Crippen molar-refractivity contribution in [1.29, 1.82) is 0 Å². The van der Waals surface area contributed by atoms with Crippen LogP contribution in [0.5, 0.6) is 0 Å². The van der Waals surface area contributed by atoms with Gasteiger partial charge in [-0.2, -0.15) is 0 Å². The SMILES string of the molecule is CC.CC.CCC.O=C(Nc1ccccc1)c1cocn1.[HH]. The molecule has 0 aliphatic rings. The van der Waals surface area contributed by atoms with Gasteiger partial charge in [-0.05, 0) is 12.1 Å². The van der Waals surface area contributed by atoms with Crippen LogP contribution in [-0.2, 0) is 0 Å². The summed E-state index contributed by atoms with van der Waals surface area (Å²) in [4.78, 5) is 15.2. The molecule has 1 aromatic carbocycles. The van der Waals surface area contributed by atoms with Crippen molar-refractivity contribution in [2.75, 3.05) is 5.32 Å². The summed E-state index contributed by atoms with van der Waals surface area (Å²) in [7, 11) is 0. The van der Waals surface area contributed by atoms with Crippen LogP contribution in [0.15, 0.2) is 47.4 Å². The molecule has 2 aromatic rings. The zero-order valence-electron chi connectivity index (χ0n) is 14.0. The molecule has 0 saturated carbocycles. The summed E-state index contributed by atoms with van der Waals surface area (Å²) >= 11 is 0. The minimum absolute atomic E-state index is 0. The van der Waals surface area contributed by atoms with Gasteiger partial charge in [0.2, 0.25) is 0 Å². The van der Waals surface area contributed by atoms with Crippen LogP contribution in [0.1, 0.15) is 59.9 Å². The van der Waals surface area contributed by atoms with E-state index in [1.54, 1.807) is 12.1 Å². The largest absolute Gasteiger partial charge is 0.451 e. The maximum Gasteiger partial charge on any atom is 0.277 e. The summed E-state index contributed by atoms with van der Waals surface area (Å²) < 4.78 is 4.70. The van der Waals surface area contributed by atoms with Crippen molar-refractivity contribution in [1.82, 2.24) is 4.98 Å². The van der Waals surface area contributed by atoms with E-state index in [4.69, 9.17) is 4.42 Å². The highest BCUT2D eigenvalue weighted by Crippen LogP contribution is 2.06. The van der Waals surface area contributed by atoms with Gasteiger partial charge in [0.25, 0.3) is 5.91 Å². The van der Waals surface area contributed by atoms with Crippen molar-refractivity contribution in [3.63, 3.8) is 0 Å². The second kappa shape index (κ2) is 16.0. The van der Waals surface area contributed by atoms with Crippen LogP contribution in [0.3, 0.4) is 0 Å². The summed E-state index contributed by atoms with van der Waals surface area (Å²) in [6, 6.07) is 9.18. The van der Waals surface area contributed by atoms with Crippen LogP contribution in [0.25, 0.3) is 0 Å². The van der Waals surface area contributed by atoms with Gasteiger partial charge in [0, 0.05) is 7.11 Å². The quantitative estimate of drug-likeness (QED) is 0.779. The Labute approximate surface area is 130 Å². The first kappa shape index (κ1) is 21.2. The second-order valence-electron chi connectivity index (χ2n) is 3.40. The van der Waals surface area contributed by atoms with Crippen LogP contribution in [0.2, 0.25) is 0 Å². The fourth-order valence-corrected chi connectivity index (χ4v) is 1.04. The van der Waals surface area contributed by atoms with Gasteiger partial charge in [0.05, 0.1) is 0 Å². The van der Waals surface area contributed by atoms with Crippen molar-refractivity contribution in [2.45, 2.75) is 48.0 Å². The number of hydrogen-bond acceptors (Lipinski definition) is 3. The van der Waals surface area contributed by atoms with Crippen molar-refractivity contribution in [3.8, 4) is 0 Å². The number of anilines is 1. The molecule has 0 atom stereocenters. The molecular formula is C17H30N2O2. The fourth-order valence-electron chi connectivity index (χ4n) is 1.04. The average Bonchev–Trinajstić information content (AvgIpc) is 3.08. The Hall–Kier alpha value is -2.10. The van der Waals surface area contributed by atoms with Crippen LogP contribution in [-0.4, -0.2) is 10.9 Å². The number of aromatic nitrogens is 1. The molecular weight excluding hydrogens is 264 g/mol. The molecule has 0 spiro atoms. The fraction of sp³-hybridized carbons (Fsp3) is 0.412. The minimum Gasteiger partial charge on any atom is -0.451 e. The van der Waals surface area contributed by atoms with Gasteiger partial charge in [-0.3, -0.25) is 4.79 Å². The van der Waals surface area contributed by atoms with E-state index in [-0.39, 0.29) is 13.0 Å². The number of benzene rings is 1. The topological polar surface area (TPSA) is 55.1 Å². The van der Waals surface area contributed by atoms with E-state index in [1.807, 2.05) is 45.9 Å². The predicted molar refractivity (Wildman–Crippen MR) is 91.7 cm³/mol. The van der Waals surface area contributed by atoms with E-state index in [1.165, 1.54) is 19.1 Å². The highest BCUT2D eigenvalue weighted by Gasteiger charge is 2.07. The first-order valence-electron chi connectivity index (χ1n) is 7.52. The molecule has 4 heteroatoms. The van der Waals surface area contributed by atoms with Gasteiger partial charge in [-0.25, -0.2) is 4.98 Å². The number of nitrogens with zero attached hydrogens (tertiary/aromatic N) is 1. The molecule has 0 bridgehead atoms. The van der Waals surface area contributed by atoms with E-state index in [2.05, 4.69) is 24.1 Å². The number of nitrogens with one attached hydrogen (secondary N) is 1. The Bertz CT molecular complexity index is 431. The molecule has 0 aliphatic heterocycles. The van der Waals surface area contributed by atoms with E-state index >= 15 is 0 Å². The lowest BCUT2D eigenvalue weighted by Gasteiger charge is -2.00. The third kappa shape index (κ3) is 10.4. The molecule has 4 nitrogen and oxygen atoms in total. The van der Waals surface area contributed by atoms with E-state index in [9.17, 15) is 4.79 Å². The van der Waals surface area contributed by atoms with E-state index < -0.39 is 0 Å². The smallest absolute Gasteiger partial charge is 0.277 e. The monoisotopic (exact) mass is 294 g/mol. The third-order valence-corrected chi connectivity index (χ3v) is 1.70. The zero-order valence-corrected chi connectivity index (χ0v) is 14.0. The number of hydrogen-bond donors (Lipinski definition) is 1. The number of oxazole rings is 1. The minimum atomic E-state index is -0.273. The first-order valence-corrected chi connectivity index (χ1v) is 7.52. The molecule has 1 amide bonds. The number of amides is 1. The molecule has 120 valence electrons. The normalized spacial score (nSPS) is 7.90. The Balaban J connectivity index is -0.000000395. The highest BCUT2D eigenvalue weighted by atomic mass is 16.3. The van der Waals surface area contributed by atoms with Crippen molar-refractivity contribution < 1.29 is 10.6 Å². The molecule has 0 fully saturated rings. The number of carbonyl (C=O) groups excluding carboxylic acids is 1. The van der Waals surface area contributed by atoms with Gasteiger partial charge in [-0.15, -0.1) is 0 Å². The summed E-state index contributed by atoms with van der Waals surface area (Å²) in [6.07, 6.45) is 3.78. The molecule has 0 radical (unpaired) electrons. The van der Waals surface area contributed by atoms with Gasteiger partial charge < -0.3 is 9.73 Å². The Kier molecular flexibility index (Phi) is 16.1. The Morgan fingerprint density at radius 1 is 1.14 bits per heavy atom. The van der Waals surface area contributed by atoms with Gasteiger partial charge >= 0.3 is 0 Å². The maximum atomic E-state index is 11.4. The summed E-state index contributed by atoms with van der Waals surface area (Å²) in [5, 5.41) is 2.68. The van der Waals surface area contributed by atoms with Crippen LogP contribution >= 0.6 is 0 Å². The van der Waals surface area contributed by atoms with Crippen molar-refractivity contribution in [3.05, 3.63) is 48.7 Å². The molecule has 1 N–H and O–H groups in total. The molecule has 0 saturated heterocycles. The van der Waals surface area contributed by atoms with Gasteiger partial charge in [0.1, 0.15) is 6.26 Å². The first-order chi connectivity index (χ1) is 10.3. The van der Waals surface area contributed by atoms with Crippen molar-refractivity contribution in [2.24, 2.45) is 0 Å². The summed E-state index contributed by atoms with van der Waals surface area (Å²) in [6.45, 7) is 12.2. The molecule has 0 aliphatic carbocycles. The summed E-state index contributed by atoms with van der Waals surface area (Å²) in [5.41, 5.74) is 1.01. The van der Waals surface area contributed by atoms with E-state index in [0.29, 0.717) is 0 Å².